The fourth-order valence-electron chi connectivity index (χ4n) is 2.40. The van der Waals surface area contributed by atoms with E-state index in [1.54, 1.807) is 6.92 Å². The summed E-state index contributed by atoms with van der Waals surface area (Å²) in [6.07, 6.45) is 0.366. The maximum atomic E-state index is 13.4. The van der Waals surface area contributed by atoms with Crippen LogP contribution in [0.5, 0.6) is 0 Å². The molecule has 1 unspecified atom stereocenters. The van der Waals surface area contributed by atoms with Crippen LogP contribution in [-0.2, 0) is 14.9 Å². The molecule has 0 saturated carbocycles. The summed E-state index contributed by atoms with van der Waals surface area (Å²) in [4.78, 5) is 12.3. The summed E-state index contributed by atoms with van der Waals surface area (Å²) >= 11 is 0. The number of esters is 1. The first-order valence-electron chi connectivity index (χ1n) is 6.69. The van der Waals surface area contributed by atoms with Crippen molar-refractivity contribution in [2.45, 2.75) is 32.6 Å². The summed E-state index contributed by atoms with van der Waals surface area (Å²) in [5.41, 5.74) is 4.79. The predicted molar refractivity (Wildman–Crippen MR) is 73.2 cm³/mol. The van der Waals surface area contributed by atoms with Crippen molar-refractivity contribution in [3.8, 4) is 0 Å². The molecule has 1 atom stereocenters. The van der Waals surface area contributed by atoms with Gasteiger partial charge in [-0.3, -0.25) is 4.79 Å². The van der Waals surface area contributed by atoms with Gasteiger partial charge < -0.3 is 10.5 Å². The Balaban J connectivity index is 3.37. The van der Waals surface area contributed by atoms with Gasteiger partial charge in [0.15, 0.2) is 0 Å². The molecule has 0 fully saturated rings. The first-order chi connectivity index (χ1) is 9.35. The zero-order chi connectivity index (χ0) is 15.3. The Bertz CT molecular complexity index is 457. The van der Waals surface area contributed by atoms with E-state index >= 15 is 0 Å². The highest BCUT2D eigenvalue weighted by molar-refractivity contribution is 5.83. The molecule has 0 aromatic heterocycles. The third-order valence-corrected chi connectivity index (χ3v) is 3.19. The van der Waals surface area contributed by atoms with Gasteiger partial charge in [-0.1, -0.05) is 13.8 Å². The predicted octanol–water partition coefficient (Wildman–Crippen LogP) is 2.77. The summed E-state index contributed by atoms with van der Waals surface area (Å²) in [7, 11) is 0. The van der Waals surface area contributed by atoms with Gasteiger partial charge in [0.1, 0.15) is 17.0 Å². The van der Waals surface area contributed by atoms with E-state index in [1.165, 1.54) is 0 Å². The molecule has 0 aliphatic rings. The number of ether oxygens (including phenoxy) is 1. The molecule has 3 nitrogen and oxygen atoms in total. The van der Waals surface area contributed by atoms with Crippen LogP contribution in [-0.4, -0.2) is 19.1 Å². The van der Waals surface area contributed by atoms with Crippen LogP contribution in [0.15, 0.2) is 18.2 Å². The number of nitrogens with two attached hydrogens (primary N) is 1. The Kier molecular flexibility index (Phi) is 5.62. The third-order valence-electron chi connectivity index (χ3n) is 3.19. The minimum atomic E-state index is -1.22. The molecule has 0 amide bonds. The van der Waals surface area contributed by atoms with Crippen molar-refractivity contribution in [3.05, 3.63) is 35.4 Å². The van der Waals surface area contributed by atoms with Gasteiger partial charge in [0.05, 0.1) is 6.61 Å². The molecular formula is C15H21F2NO2. The molecule has 1 rings (SSSR count). The van der Waals surface area contributed by atoms with Crippen molar-refractivity contribution < 1.29 is 18.3 Å². The first-order valence-corrected chi connectivity index (χ1v) is 6.69. The van der Waals surface area contributed by atoms with E-state index in [0.717, 1.165) is 18.2 Å². The fraction of sp³-hybridized carbons (Fsp3) is 0.533. The van der Waals surface area contributed by atoms with Gasteiger partial charge in [0.25, 0.3) is 0 Å². The molecule has 20 heavy (non-hydrogen) atoms. The lowest BCUT2D eigenvalue weighted by atomic mass is 9.74. The zero-order valence-electron chi connectivity index (χ0n) is 12.1. The molecule has 1 aromatic rings. The minimum Gasteiger partial charge on any atom is -0.465 e. The molecule has 0 aliphatic heterocycles. The van der Waals surface area contributed by atoms with E-state index in [-0.39, 0.29) is 24.6 Å². The number of rotatable bonds is 6. The molecule has 2 N–H and O–H groups in total. The van der Waals surface area contributed by atoms with Crippen molar-refractivity contribution in [2.24, 2.45) is 11.7 Å². The average molecular weight is 285 g/mol. The molecular weight excluding hydrogens is 264 g/mol. The molecule has 112 valence electrons. The highest BCUT2D eigenvalue weighted by atomic mass is 19.1. The smallest absolute Gasteiger partial charge is 0.317 e. The van der Waals surface area contributed by atoms with Gasteiger partial charge in [-0.2, -0.15) is 0 Å². The SMILES string of the molecule is CCOC(=O)C(CN)(CC(C)C)c1cc(F)cc(F)c1. The van der Waals surface area contributed by atoms with Gasteiger partial charge in [0.2, 0.25) is 0 Å². The summed E-state index contributed by atoms with van der Waals surface area (Å²) in [5, 5.41) is 0. The van der Waals surface area contributed by atoms with E-state index in [0.29, 0.717) is 6.42 Å². The van der Waals surface area contributed by atoms with E-state index < -0.39 is 23.0 Å². The van der Waals surface area contributed by atoms with Crippen LogP contribution in [0.4, 0.5) is 8.78 Å². The highest BCUT2D eigenvalue weighted by Gasteiger charge is 2.41. The molecule has 0 bridgehead atoms. The topological polar surface area (TPSA) is 52.3 Å². The number of benzene rings is 1. The Morgan fingerprint density at radius 3 is 2.25 bits per heavy atom. The molecule has 0 saturated heterocycles. The van der Waals surface area contributed by atoms with E-state index in [2.05, 4.69) is 0 Å². The van der Waals surface area contributed by atoms with Gasteiger partial charge in [-0.05, 0) is 37.0 Å². The second kappa shape index (κ2) is 6.79. The van der Waals surface area contributed by atoms with Crippen LogP contribution in [0.25, 0.3) is 0 Å². The van der Waals surface area contributed by atoms with Crippen LogP contribution in [0.3, 0.4) is 0 Å². The van der Waals surface area contributed by atoms with Crippen LogP contribution >= 0.6 is 0 Å². The maximum absolute atomic E-state index is 13.4. The lowest BCUT2D eigenvalue weighted by Gasteiger charge is -2.32. The van der Waals surface area contributed by atoms with Crippen molar-refractivity contribution in [2.75, 3.05) is 13.2 Å². The van der Waals surface area contributed by atoms with Crippen LogP contribution in [0, 0.1) is 17.6 Å². The number of carbonyl (C=O) groups is 1. The van der Waals surface area contributed by atoms with Gasteiger partial charge in [-0.15, -0.1) is 0 Å². The first kappa shape index (κ1) is 16.6. The average Bonchev–Trinajstić information content (AvgIpc) is 2.34. The van der Waals surface area contributed by atoms with Gasteiger partial charge >= 0.3 is 5.97 Å². The number of hydrogen-bond acceptors (Lipinski definition) is 3. The normalized spacial score (nSPS) is 14.2. The quantitative estimate of drug-likeness (QED) is 0.818. The Labute approximate surface area is 118 Å². The Morgan fingerprint density at radius 2 is 1.85 bits per heavy atom. The molecule has 0 heterocycles. The standard InChI is InChI=1S/C15H21F2NO2/c1-4-20-14(19)15(9-18,8-10(2)3)11-5-12(16)7-13(17)6-11/h5-7,10H,4,8-9,18H2,1-3H3. The molecule has 0 aliphatic carbocycles. The summed E-state index contributed by atoms with van der Waals surface area (Å²) in [6.45, 7) is 5.64. The van der Waals surface area contributed by atoms with Crippen molar-refractivity contribution in [1.82, 2.24) is 0 Å². The minimum absolute atomic E-state index is 0.0626. The van der Waals surface area contributed by atoms with Crippen LogP contribution in [0.2, 0.25) is 0 Å². The molecule has 0 radical (unpaired) electrons. The van der Waals surface area contributed by atoms with Crippen molar-refractivity contribution in [3.63, 3.8) is 0 Å². The lowest BCUT2D eigenvalue weighted by molar-refractivity contribution is -0.150. The van der Waals surface area contributed by atoms with E-state index in [4.69, 9.17) is 10.5 Å². The van der Waals surface area contributed by atoms with Crippen molar-refractivity contribution >= 4 is 5.97 Å². The fourth-order valence-corrected chi connectivity index (χ4v) is 2.40. The van der Waals surface area contributed by atoms with Gasteiger partial charge in [0, 0.05) is 12.6 Å². The largest absolute Gasteiger partial charge is 0.465 e. The number of carbonyl (C=O) groups excluding carboxylic acids is 1. The maximum Gasteiger partial charge on any atom is 0.317 e. The lowest BCUT2D eigenvalue weighted by Crippen LogP contribution is -2.45. The second-order valence-corrected chi connectivity index (χ2v) is 5.26. The molecule has 1 aromatic carbocycles. The summed E-state index contributed by atoms with van der Waals surface area (Å²) in [5.74, 6) is -1.88. The van der Waals surface area contributed by atoms with Crippen molar-refractivity contribution in [1.29, 1.82) is 0 Å². The highest BCUT2D eigenvalue weighted by Crippen LogP contribution is 2.33. The number of hydrogen-bond donors (Lipinski definition) is 1. The third kappa shape index (κ3) is 3.54. The monoisotopic (exact) mass is 285 g/mol. The second-order valence-electron chi connectivity index (χ2n) is 5.26. The summed E-state index contributed by atoms with van der Waals surface area (Å²) in [6, 6.07) is 3.07. The summed E-state index contributed by atoms with van der Waals surface area (Å²) < 4.78 is 32.0. The Hall–Kier alpha value is -1.49. The molecule has 0 spiro atoms. The van der Waals surface area contributed by atoms with Crippen LogP contribution < -0.4 is 5.73 Å². The zero-order valence-corrected chi connectivity index (χ0v) is 12.1. The van der Waals surface area contributed by atoms with E-state index in [1.807, 2.05) is 13.8 Å². The van der Waals surface area contributed by atoms with Crippen LogP contribution in [0.1, 0.15) is 32.8 Å². The van der Waals surface area contributed by atoms with Gasteiger partial charge in [-0.25, -0.2) is 8.78 Å². The number of halogens is 2. The van der Waals surface area contributed by atoms with E-state index in [9.17, 15) is 13.6 Å². The molecule has 5 heteroatoms. The Morgan fingerprint density at radius 1 is 1.30 bits per heavy atom.